The number of nitro benzene ring substituents is 1. The van der Waals surface area contributed by atoms with Gasteiger partial charge < -0.3 is 9.47 Å². The van der Waals surface area contributed by atoms with E-state index in [0.29, 0.717) is 12.2 Å². The van der Waals surface area contributed by atoms with E-state index in [-0.39, 0.29) is 16.9 Å². The Hall–Kier alpha value is -0.980. The van der Waals surface area contributed by atoms with E-state index in [0.717, 1.165) is 35.9 Å². The quantitative estimate of drug-likeness (QED) is 0.624. The van der Waals surface area contributed by atoms with Crippen LogP contribution in [0.5, 0.6) is 0 Å². The van der Waals surface area contributed by atoms with E-state index in [1.165, 1.54) is 0 Å². The predicted octanol–water partition coefficient (Wildman–Crippen LogP) is 3.71. The molecule has 1 atom stereocenters. The van der Waals surface area contributed by atoms with Gasteiger partial charge in [-0.15, -0.1) is 0 Å². The minimum atomic E-state index is -0.373. The Kier molecular flexibility index (Phi) is 4.90. The average molecular weight is 330 g/mol. The summed E-state index contributed by atoms with van der Waals surface area (Å²) < 4.78 is 11.9. The van der Waals surface area contributed by atoms with Gasteiger partial charge in [0.25, 0.3) is 5.69 Å². The molecule has 0 radical (unpaired) electrons. The van der Waals surface area contributed by atoms with Crippen molar-refractivity contribution in [2.75, 3.05) is 6.61 Å². The first-order valence-corrected chi connectivity index (χ1v) is 7.04. The zero-order valence-corrected chi connectivity index (χ0v) is 12.3. The third-order valence-electron chi connectivity index (χ3n) is 3.12. The van der Waals surface area contributed by atoms with E-state index < -0.39 is 0 Å². The van der Waals surface area contributed by atoms with Gasteiger partial charge in [-0.05, 0) is 37.8 Å². The molecule has 0 aliphatic carbocycles. The molecule has 1 heterocycles. The van der Waals surface area contributed by atoms with Crippen LogP contribution in [0.3, 0.4) is 0 Å². The molecule has 6 heteroatoms. The monoisotopic (exact) mass is 329 g/mol. The number of hydrogen-bond donors (Lipinski definition) is 0. The first-order chi connectivity index (χ1) is 9.08. The molecule has 0 aromatic heterocycles. The molecule has 1 saturated heterocycles. The summed E-state index contributed by atoms with van der Waals surface area (Å²) in [7, 11) is 0. The highest BCUT2D eigenvalue weighted by Crippen LogP contribution is 2.28. The summed E-state index contributed by atoms with van der Waals surface area (Å²) in [5.41, 5.74) is 1.52. The molecule has 1 aliphatic rings. The van der Waals surface area contributed by atoms with E-state index in [1.807, 2.05) is 0 Å². The fourth-order valence-electron chi connectivity index (χ4n) is 2.04. The number of hydrogen-bond acceptors (Lipinski definition) is 4. The molecular formula is C13H16BrNO4. The fraction of sp³-hybridized carbons (Fsp3) is 0.538. The van der Waals surface area contributed by atoms with Crippen molar-refractivity contribution < 1.29 is 14.4 Å². The van der Waals surface area contributed by atoms with Crippen molar-refractivity contribution >= 4 is 21.6 Å². The zero-order valence-electron chi connectivity index (χ0n) is 10.7. The van der Waals surface area contributed by atoms with Crippen LogP contribution in [0.15, 0.2) is 16.6 Å². The Balaban J connectivity index is 2.06. The summed E-state index contributed by atoms with van der Waals surface area (Å²) >= 11 is 3.41. The lowest BCUT2D eigenvalue weighted by Crippen LogP contribution is -2.22. The average Bonchev–Trinajstić information content (AvgIpc) is 2.38. The highest BCUT2D eigenvalue weighted by Gasteiger charge is 2.17. The van der Waals surface area contributed by atoms with E-state index in [1.54, 1.807) is 19.1 Å². The highest BCUT2D eigenvalue weighted by atomic mass is 79.9. The molecule has 2 rings (SSSR count). The van der Waals surface area contributed by atoms with Crippen LogP contribution in [0.1, 0.15) is 30.4 Å². The Labute approximate surface area is 120 Å². The van der Waals surface area contributed by atoms with E-state index in [4.69, 9.17) is 9.47 Å². The molecule has 1 aromatic rings. The lowest BCUT2D eigenvalue weighted by Gasteiger charge is -2.22. The number of rotatable bonds is 4. The molecule has 1 unspecified atom stereocenters. The van der Waals surface area contributed by atoms with Crippen molar-refractivity contribution in [3.05, 3.63) is 37.8 Å². The van der Waals surface area contributed by atoms with Crippen molar-refractivity contribution in [1.82, 2.24) is 0 Å². The van der Waals surface area contributed by atoms with E-state index in [2.05, 4.69) is 15.9 Å². The number of nitrogens with zero attached hydrogens (tertiary/aromatic N) is 1. The zero-order chi connectivity index (χ0) is 13.8. The van der Waals surface area contributed by atoms with Gasteiger partial charge in [0, 0.05) is 22.7 Å². The van der Waals surface area contributed by atoms with Gasteiger partial charge in [0.05, 0.1) is 11.5 Å². The minimum Gasteiger partial charge on any atom is -0.353 e. The van der Waals surface area contributed by atoms with Crippen LogP contribution in [0, 0.1) is 17.0 Å². The molecule has 1 fully saturated rings. The highest BCUT2D eigenvalue weighted by molar-refractivity contribution is 9.10. The lowest BCUT2D eigenvalue weighted by molar-refractivity contribution is -0.385. The van der Waals surface area contributed by atoms with Crippen molar-refractivity contribution in [2.45, 2.75) is 39.1 Å². The Morgan fingerprint density at radius 1 is 1.53 bits per heavy atom. The summed E-state index contributed by atoms with van der Waals surface area (Å²) in [5.74, 6) is 0. The number of nitro groups is 1. The lowest BCUT2D eigenvalue weighted by atomic mass is 10.1. The molecular weight excluding hydrogens is 314 g/mol. The van der Waals surface area contributed by atoms with Gasteiger partial charge in [0.2, 0.25) is 0 Å². The second kappa shape index (κ2) is 6.45. The first kappa shape index (κ1) is 14.4. The largest absolute Gasteiger partial charge is 0.353 e. The maximum atomic E-state index is 10.9. The van der Waals surface area contributed by atoms with Gasteiger partial charge >= 0.3 is 0 Å². The number of halogens is 1. The Morgan fingerprint density at radius 2 is 2.32 bits per heavy atom. The van der Waals surface area contributed by atoms with Crippen LogP contribution in [-0.4, -0.2) is 17.8 Å². The van der Waals surface area contributed by atoms with Gasteiger partial charge in [0.1, 0.15) is 0 Å². The normalized spacial score (nSPS) is 19.4. The smallest absolute Gasteiger partial charge is 0.272 e. The molecule has 0 bridgehead atoms. The third-order valence-corrected chi connectivity index (χ3v) is 3.86. The summed E-state index contributed by atoms with van der Waals surface area (Å²) in [5, 5.41) is 10.9. The standard InChI is InChI=1S/C13H16BrNO4/c1-9-6-11(14)10(7-12(9)15(16)17)8-19-13-4-2-3-5-18-13/h6-7,13H,2-5,8H2,1H3. The summed E-state index contributed by atoms with van der Waals surface area (Å²) in [6, 6.07) is 3.31. The number of ether oxygens (including phenoxy) is 2. The topological polar surface area (TPSA) is 61.6 Å². The van der Waals surface area contributed by atoms with Crippen LogP contribution in [0.25, 0.3) is 0 Å². The third kappa shape index (κ3) is 3.75. The van der Waals surface area contributed by atoms with Gasteiger partial charge in [0.15, 0.2) is 6.29 Å². The van der Waals surface area contributed by atoms with Crippen LogP contribution in [0.2, 0.25) is 0 Å². The van der Waals surface area contributed by atoms with Crippen molar-refractivity contribution in [3.8, 4) is 0 Å². The summed E-state index contributed by atoms with van der Waals surface area (Å²) in [4.78, 5) is 10.5. The van der Waals surface area contributed by atoms with Crippen LogP contribution < -0.4 is 0 Å². The van der Waals surface area contributed by atoms with Gasteiger partial charge in [-0.3, -0.25) is 10.1 Å². The SMILES string of the molecule is Cc1cc(Br)c(COC2CCCCO2)cc1[N+](=O)[O-]. The fourth-order valence-corrected chi connectivity index (χ4v) is 2.61. The predicted molar refractivity (Wildman–Crippen MR) is 73.9 cm³/mol. The molecule has 5 nitrogen and oxygen atoms in total. The molecule has 104 valence electrons. The van der Waals surface area contributed by atoms with Crippen LogP contribution >= 0.6 is 15.9 Å². The van der Waals surface area contributed by atoms with Gasteiger partial charge in [-0.2, -0.15) is 0 Å². The van der Waals surface area contributed by atoms with Gasteiger partial charge in [-0.25, -0.2) is 0 Å². The van der Waals surface area contributed by atoms with E-state index in [9.17, 15) is 10.1 Å². The second-order valence-electron chi connectivity index (χ2n) is 4.59. The number of benzene rings is 1. The number of aryl methyl sites for hydroxylation is 1. The Morgan fingerprint density at radius 3 is 2.95 bits per heavy atom. The summed E-state index contributed by atoms with van der Waals surface area (Å²) in [6.07, 6.45) is 2.85. The summed E-state index contributed by atoms with van der Waals surface area (Å²) in [6.45, 7) is 2.75. The maximum Gasteiger partial charge on any atom is 0.272 e. The minimum absolute atomic E-state index is 0.117. The molecule has 0 saturated carbocycles. The van der Waals surface area contributed by atoms with Gasteiger partial charge in [-0.1, -0.05) is 15.9 Å². The maximum absolute atomic E-state index is 10.9. The molecule has 0 amide bonds. The van der Waals surface area contributed by atoms with Crippen LogP contribution in [-0.2, 0) is 16.1 Å². The molecule has 1 aromatic carbocycles. The second-order valence-corrected chi connectivity index (χ2v) is 5.45. The molecule has 1 aliphatic heterocycles. The van der Waals surface area contributed by atoms with Crippen LogP contribution in [0.4, 0.5) is 5.69 Å². The van der Waals surface area contributed by atoms with Crippen molar-refractivity contribution in [3.63, 3.8) is 0 Å². The molecule has 0 N–H and O–H groups in total. The Bertz CT molecular complexity index is 472. The van der Waals surface area contributed by atoms with Crippen molar-refractivity contribution in [2.24, 2.45) is 0 Å². The first-order valence-electron chi connectivity index (χ1n) is 6.24. The van der Waals surface area contributed by atoms with Crippen molar-refractivity contribution in [1.29, 1.82) is 0 Å². The van der Waals surface area contributed by atoms with E-state index >= 15 is 0 Å². The molecule has 0 spiro atoms. The molecule has 19 heavy (non-hydrogen) atoms.